The van der Waals surface area contributed by atoms with Crippen LogP contribution in [-0.4, -0.2) is 12.2 Å². The summed E-state index contributed by atoms with van der Waals surface area (Å²) in [6.45, 7) is 10.8. The molecule has 0 aliphatic heterocycles. The van der Waals surface area contributed by atoms with E-state index in [0.29, 0.717) is 6.61 Å². The van der Waals surface area contributed by atoms with Gasteiger partial charge in [-0.2, -0.15) is 0 Å². The average Bonchev–Trinajstić information content (AvgIpc) is 1.99. The maximum absolute atomic E-state index is 5.79. The van der Waals surface area contributed by atoms with E-state index in [1.54, 1.807) is 0 Å². The molecule has 15 heavy (non-hydrogen) atoms. The van der Waals surface area contributed by atoms with Crippen molar-refractivity contribution in [2.75, 3.05) is 6.61 Å². The fourth-order valence-corrected chi connectivity index (χ4v) is 1.38. The number of benzene rings is 1. The molecule has 0 aliphatic rings. The number of hydrogen-bond acceptors (Lipinski definition) is 2. The van der Waals surface area contributed by atoms with Crippen LogP contribution in [0.25, 0.3) is 0 Å². The Morgan fingerprint density at radius 3 is 2.20 bits per heavy atom. The number of ether oxygens (including phenoxy) is 2. The van der Waals surface area contributed by atoms with Crippen LogP contribution in [-0.2, 0) is 0 Å². The van der Waals surface area contributed by atoms with Crippen LogP contribution in [0.4, 0.5) is 0 Å². The van der Waals surface area contributed by atoms with Gasteiger partial charge < -0.3 is 9.47 Å². The molecule has 0 spiro atoms. The first-order valence-corrected chi connectivity index (χ1v) is 5.34. The largest absolute Gasteiger partial charge is 0.494 e. The number of aryl methyl sites for hydroxylation is 1. The third-order valence-electron chi connectivity index (χ3n) is 1.76. The van der Waals surface area contributed by atoms with Crippen molar-refractivity contribution in [2.24, 2.45) is 0 Å². The van der Waals surface area contributed by atoms with E-state index in [9.17, 15) is 0 Å². The molecule has 0 bridgehead atoms. The van der Waals surface area contributed by atoms with Gasteiger partial charge in [0.1, 0.15) is 17.1 Å². The average molecular weight is 208 g/mol. The van der Waals surface area contributed by atoms with E-state index in [-0.39, 0.29) is 5.60 Å². The lowest BCUT2D eigenvalue weighted by molar-refractivity contribution is 0.130. The molecule has 1 rings (SSSR count). The van der Waals surface area contributed by atoms with E-state index in [1.807, 2.05) is 52.8 Å². The summed E-state index contributed by atoms with van der Waals surface area (Å²) in [4.78, 5) is 0. The molecular weight excluding hydrogens is 188 g/mol. The summed E-state index contributed by atoms with van der Waals surface area (Å²) in [5.74, 6) is 1.74. The minimum atomic E-state index is -0.169. The highest BCUT2D eigenvalue weighted by Crippen LogP contribution is 2.25. The Bertz CT molecular complexity index is 324. The van der Waals surface area contributed by atoms with Crippen molar-refractivity contribution in [3.05, 3.63) is 23.8 Å². The van der Waals surface area contributed by atoms with Gasteiger partial charge in [0.2, 0.25) is 0 Å². The maximum atomic E-state index is 5.79. The monoisotopic (exact) mass is 208 g/mol. The van der Waals surface area contributed by atoms with Gasteiger partial charge in [0.15, 0.2) is 0 Å². The summed E-state index contributed by atoms with van der Waals surface area (Å²) in [5.41, 5.74) is 0.984. The third kappa shape index (κ3) is 4.24. The van der Waals surface area contributed by atoms with Crippen LogP contribution < -0.4 is 9.47 Å². The van der Waals surface area contributed by atoms with Gasteiger partial charge in [-0.1, -0.05) is 0 Å². The zero-order chi connectivity index (χ0) is 11.5. The summed E-state index contributed by atoms with van der Waals surface area (Å²) in [7, 11) is 0. The van der Waals surface area contributed by atoms with Gasteiger partial charge in [-0.3, -0.25) is 0 Å². The fourth-order valence-electron chi connectivity index (χ4n) is 1.38. The van der Waals surface area contributed by atoms with E-state index < -0.39 is 0 Å². The number of hydrogen-bond donors (Lipinski definition) is 0. The second-order valence-corrected chi connectivity index (χ2v) is 4.63. The van der Waals surface area contributed by atoms with Crippen molar-refractivity contribution in [3.63, 3.8) is 0 Å². The summed E-state index contributed by atoms with van der Waals surface area (Å²) in [6, 6.07) is 5.97. The highest BCUT2D eigenvalue weighted by molar-refractivity contribution is 5.38. The Morgan fingerprint density at radius 1 is 1.07 bits per heavy atom. The van der Waals surface area contributed by atoms with Gasteiger partial charge in [0.05, 0.1) is 6.61 Å². The van der Waals surface area contributed by atoms with E-state index in [1.165, 1.54) is 0 Å². The van der Waals surface area contributed by atoms with Crippen molar-refractivity contribution in [2.45, 2.75) is 40.2 Å². The molecule has 0 amide bonds. The molecule has 0 radical (unpaired) electrons. The van der Waals surface area contributed by atoms with E-state index in [2.05, 4.69) is 0 Å². The Labute approximate surface area is 92.2 Å². The SMILES string of the molecule is CCOc1cc(C)cc(OC(C)(C)C)c1. The fraction of sp³-hybridized carbons (Fsp3) is 0.538. The highest BCUT2D eigenvalue weighted by atomic mass is 16.5. The Hall–Kier alpha value is -1.18. The predicted molar refractivity (Wildman–Crippen MR) is 62.7 cm³/mol. The molecule has 0 saturated heterocycles. The molecule has 0 aliphatic carbocycles. The maximum Gasteiger partial charge on any atom is 0.124 e. The molecule has 0 fully saturated rings. The molecule has 84 valence electrons. The van der Waals surface area contributed by atoms with Crippen LogP contribution in [0.3, 0.4) is 0 Å². The predicted octanol–water partition coefficient (Wildman–Crippen LogP) is 3.57. The molecule has 0 saturated carbocycles. The molecule has 0 N–H and O–H groups in total. The van der Waals surface area contributed by atoms with Gasteiger partial charge in [-0.05, 0) is 52.3 Å². The minimum absolute atomic E-state index is 0.169. The number of rotatable bonds is 3. The zero-order valence-corrected chi connectivity index (χ0v) is 10.3. The van der Waals surface area contributed by atoms with Crippen LogP contribution >= 0.6 is 0 Å². The van der Waals surface area contributed by atoms with Crippen LogP contribution in [0, 0.1) is 6.92 Å². The first-order chi connectivity index (χ1) is 6.90. The summed E-state index contributed by atoms with van der Waals surface area (Å²) in [6.07, 6.45) is 0. The Balaban J connectivity index is 2.88. The molecule has 1 aromatic carbocycles. The van der Waals surface area contributed by atoms with Crippen molar-refractivity contribution in [1.29, 1.82) is 0 Å². The molecule has 2 nitrogen and oxygen atoms in total. The van der Waals surface area contributed by atoms with Crippen molar-refractivity contribution < 1.29 is 9.47 Å². The quantitative estimate of drug-likeness (QED) is 0.756. The summed E-state index contributed by atoms with van der Waals surface area (Å²) in [5, 5.41) is 0. The molecule has 0 aromatic heterocycles. The summed E-state index contributed by atoms with van der Waals surface area (Å²) >= 11 is 0. The Morgan fingerprint density at radius 2 is 1.67 bits per heavy atom. The lowest BCUT2D eigenvalue weighted by atomic mass is 10.1. The molecule has 1 aromatic rings. The second kappa shape index (κ2) is 4.56. The molecule has 0 heterocycles. The Kier molecular flexibility index (Phi) is 3.61. The first-order valence-electron chi connectivity index (χ1n) is 5.34. The minimum Gasteiger partial charge on any atom is -0.494 e. The first kappa shape index (κ1) is 11.9. The van der Waals surface area contributed by atoms with Crippen LogP contribution in [0.15, 0.2) is 18.2 Å². The van der Waals surface area contributed by atoms with Gasteiger partial charge in [0, 0.05) is 6.07 Å². The van der Waals surface area contributed by atoms with E-state index in [4.69, 9.17) is 9.47 Å². The van der Waals surface area contributed by atoms with Gasteiger partial charge in [-0.25, -0.2) is 0 Å². The molecule has 2 heteroatoms. The topological polar surface area (TPSA) is 18.5 Å². The molecule has 0 atom stereocenters. The second-order valence-electron chi connectivity index (χ2n) is 4.63. The van der Waals surface area contributed by atoms with Crippen molar-refractivity contribution in [3.8, 4) is 11.5 Å². The van der Waals surface area contributed by atoms with Gasteiger partial charge in [-0.15, -0.1) is 0 Å². The third-order valence-corrected chi connectivity index (χ3v) is 1.76. The lowest BCUT2D eigenvalue weighted by Crippen LogP contribution is -2.22. The summed E-state index contributed by atoms with van der Waals surface area (Å²) < 4.78 is 11.3. The normalized spacial score (nSPS) is 11.3. The van der Waals surface area contributed by atoms with Crippen LogP contribution in [0.1, 0.15) is 33.3 Å². The van der Waals surface area contributed by atoms with E-state index >= 15 is 0 Å². The standard InChI is InChI=1S/C13H20O2/c1-6-14-11-7-10(2)8-12(9-11)15-13(3,4)5/h7-9H,6H2,1-5H3. The zero-order valence-electron chi connectivity index (χ0n) is 10.3. The van der Waals surface area contributed by atoms with Crippen molar-refractivity contribution in [1.82, 2.24) is 0 Å². The van der Waals surface area contributed by atoms with Crippen molar-refractivity contribution >= 4 is 0 Å². The highest BCUT2D eigenvalue weighted by Gasteiger charge is 2.12. The van der Waals surface area contributed by atoms with Gasteiger partial charge in [0.25, 0.3) is 0 Å². The van der Waals surface area contributed by atoms with Crippen LogP contribution in [0.2, 0.25) is 0 Å². The lowest BCUT2D eigenvalue weighted by Gasteiger charge is -2.22. The van der Waals surface area contributed by atoms with E-state index in [0.717, 1.165) is 17.1 Å². The molecular formula is C13H20O2. The van der Waals surface area contributed by atoms with Gasteiger partial charge >= 0.3 is 0 Å². The smallest absolute Gasteiger partial charge is 0.124 e. The molecule has 0 unspecified atom stereocenters. The van der Waals surface area contributed by atoms with Crippen LogP contribution in [0.5, 0.6) is 11.5 Å².